The molecule has 0 radical (unpaired) electrons. The van der Waals surface area contributed by atoms with E-state index in [1.165, 1.54) is 5.56 Å². The third kappa shape index (κ3) is 4.18. The van der Waals surface area contributed by atoms with Gasteiger partial charge in [0, 0.05) is 31.3 Å². The van der Waals surface area contributed by atoms with Crippen LogP contribution in [0.1, 0.15) is 17.5 Å². The van der Waals surface area contributed by atoms with Gasteiger partial charge in [0.25, 0.3) is 0 Å². The molecule has 2 amide bonds. The van der Waals surface area contributed by atoms with Crippen molar-refractivity contribution in [1.82, 2.24) is 4.90 Å². The number of ether oxygens (including phenoxy) is 1. The number of carbonyl (C=O) groups is 2. The van der Waals surface area contributed by atoms with Gasteiger partial charge < -0.3 is 15.0 Å². The van der Waals surface area contributed by atoms with Crippen LogP contribution in [0.4, 0.5) is 5.69 Å². The molecule has 2 aromatic rings. The Bertz CT molecular complexity index is 771. The molecule has 1 saturated heterocycles. The van der Waals surface area contributed by atoms with Gasteiger partial charge in [-0.15, -0.1) is 0 Å². The second-order valence-corrected chi connectivity index (χ2v) is 6.38. The first-order chi connectivity index (χ1) is 12.0. The first-order valence-electron chi connectivity index (χ1n) is 8.33. The highest BCUT2D eigenvalue weighted by Crippen LogP contribution is 2.23. The lowest BCUT2D eigenvalue weighted by Gasteiger charge is -2.17. The van der Waals surface area contributed by atoms with Crippen LogP contribution in [0.15, 0.2) is 48.5 Å². The van der Waals surface area contributed by atoms with Gasteiger partial charge in [0.1, 0.15) is 5.75 Å². The van der Waals surface area contributed by atoms with Crippen LogP contribution in [-0.4, -0.2) is 30.4 Å². The number of rotatable bonds is 5. The van der Waals surface area contributed by atoms with E-state index in [1.54, 1.807) is 24.1 Å². The Kier molecular flexibility index (Phi) is 5.03. The number of anilines is 1. The molecule has 0 spiro atoms. The molecule has 0 aromatic heterocycles. The quantitative estimate of drug-likeness (QED) is 0.912. The van der Waals surface area contributed by atoms with Crippen molar-refractivity contribution in [1.29, 1.82) is 0 Å². The van der Waals surface area contributed by atoms with Gasteiger partial charge in [-0.05, 0) is 24.6 Å². The zero-order chi connectivity index (χ0) is 17.8. The predicted octanol–water partition coefficient (Wildman–Crippen LogP) is 2.99. The summed E-state index contributed by atoms with van der Waals surface area (Å²) in [6.45, 7) is 3.02. The summed E-state index contributed by atoms with van der Waals surface area (Å²) in [6.07, 6.45) is 0.252. The molecule has 25 heavy (non-hydrogen) atoms. The van der Waals surface area contributed by atoms with Gasteiger partial charge in [0.15, 0.2) is 0 Å². The molecule has 5 nitrogen and oxygen atoms in total. The van der Waals surface area contributed by atoms with E-state index < -0.39 is 0 Å². The van der Waals surface area contributed by atoms with E-state index in [0.29, 0.717) is 24.5 Å². The van der Waals surface area contributed by atoms with E-state index in [2.05, 4.69) is 5.32 Å². The number of likely N-dealkylation sites (tertiary alicyclic amines) is 1. The van der Waals surface area contributed by atoms with Crippen LogP contribution in [0, 0.1) is 12.8 Å². The zero-order valence-corrected chi connectivity index (χ0v) is 14.5. The number of carbonyl (C=O) groups excluding carboxylic acids is 2. The molecule has 0 saturated carbocycles. The van der Waals surface area contributed by atoms with Crippen LogP contribution in [0.3, 0.4) is 0 Å². The maximum Gasteiger partial charge on any atom is 0.229 e. The van der Waals surface area contributed by atoms with Gasteiger partial charge in [-0.2, -0.15) is 0 Å². The molecular weight excluding hydrogens is 316 g/mol. The maximum atomic E-state index is 12.5. The fourth-order valence-electron chi connectivity index (χ4n) is 2.96. The largest absolute Gasteiger partial charge is 0.497 e. The smallest absolute Gasteiger partial charge is 0.229 e. The highest BCUT2D eigenvalue weighted by molar-refractivity contribution is 5.97. The van der Waals surface area contributed by atoms with E-state index in [1.807, 2.05) is 43.3 Å². The average molecular weight is 338 g/mol. The summed E-state index contributed by atoms with van der Waals surface area (Å²) in [7, 11) is 1.58. The van der Waals surface area contributed by atoms with Crippen molar-refractivity contribution in [3.8, 4) is 5.75 Å². The van der Waals surface area contributed by atoms with Gasteiger partial charge in [-0.25, -0.2) is 0 Å². The van der Waals surface area contributed by atoms with Crippen molar-refractivity contribution in [3.63, 3.8) is 0 Å². The summed E-state index contributed by atoms with van der Waals surface area (Å²) in [5.74, 6) is 0.241. The minimum absolute atomic E-state index is 0.0198. The van der Waals surface area contributed by atoms with Crippen molar-refractivity contribution >= 4 is 17.5 Å². The Hall–Kier alpha value is -2.82. The van der Waals surface area contributed by atoms with E-state index in [4.69, 9.17) is 4.74 Å². The third-order valence-corrected chi connectivity index (χ3v) is 4.42. The molecule has 0 unspecified atom stereocenters. The van der Waals surface area contributed by atoms with Crippen molar-refractivity contribution in [3.05, 3.63) is 59.7 Å². The summed E-state index contributed by atoms with van der Waals surface area (Å²) in [4.78, 5) is 26.5. The first kappa shape index (κ1) is 17.0. The van der Waals surface area contributed by atoms with Crippen molar-refractivity contribution in [2.45, 2.75) is 19.9 Å². The lowest BCUT2D eigenvalue weighted by atomic mass is 10.1. The standard InChI is InChI=1S/C20H22N2O3/c1-14-6-8-15(9-7-14)12-22-13-16(10-19(22)23)20(24)21-17-4-3-5-18(11-17)25-2/h3-9,11,16H,10,12-13H2,1-2H3,(H,21,24)/t16-/m0/s1. The molecule has 0 aliphatic carbocycles. The fraction of sp³-hybridized carbons (Fsp3) is 0.300. The second-order valence-electron chi connectivity index (χ2n) is 6.38. The van der Waals surface area contributed by atoms with Gasteiger partial charge in [-0.3, -0.25) is 9.59 Å². The van der Waals surface area contributed by atoms with Crippen molar-refractivity contribution in [2.24, 2.45) is 5.92 Å². The maximum absolute atomic E-state index is 12.5. The lowest BCUT2D eigenvalue weighted by molar-refractivity contribution is -0.128. The minimum atomic E-state index is -0.329. The molecule has 5 heteroatoms. The Morgan fingerprint density at radius 2 is 2.00 bits per heavy atom. The Morgan fingerprint density at radius 3 is 2.72 bits per heavy atom. The molecule has 1 heterocycles. The lowest BCUT2D eigenvalue weighted by Crippen LogP contribution is -2.28. The Balaban J connectivity index is 1.61. The molecule has 0 bridgehead atoms. The number of nitrogens with zero attached hydrogens (tertiary/aromatic N) is 1. The summed E-state index contributed by atoms with van der Waals surface area (Å²) < 4.78 is 5.16. The normalized spacial score (nSPS) is 16.8. The molecule has 1 atom stereocenters. The van der Waals surface area contributed by atoms with Gasteiger partial charge >= 0.3 is 0 Å². The molecule has 1 aliphatic rings. The highest BCUT2D eigenvalue weighted by Gasteiger charge is 2.34. The van der Waals surface area contributed by atoms with Crippen molar-refractivity contribution in [2.75, 3.05) is 19.0 Å². The number of benzene rings is 2. The molecule has 1 aliphatic heterocycles. The van der Waals surface area contributed by atoms with Gasteiger partial charge in [0.05, 0.1) is 13.0 Å². The average Bonchev–Trinajstić information content (AvgIpc) is 2.98. The second kappa shape index (κ2) is 7.38. The summed E-state index contributed by atoms with van der Waals surface area (Å²) >= 11 is 0. The van der Waals surface area contributed by atoms with E-state index in [-0.39, 0.29) is 24.2 Å². The van der Waals surface area contributed by atoms with Crippen LogP contribution < -0.4 is 10.1 Å². The number of amides is 2. The number of aryl methyl sites for hydroxylation is 1. The number of hydrogen-bond acceptors (Lipinski definition) is 3. The van der Waals surface area contributed by atoms with E-state index >= 15 is 0 Å². The van der Waals surface area contributed by atoms with Crippen LogP contribution in [0.25, 0.3) is 0 Å². The molecule has 3 rings (SSSR count). The molecule has 1 fully saturated rings. The van der Waals surface area contributed by atoms with Crippen LogP contribution in [0.5, 0.6) is 5.75 Å². The molecule has 130 valence electrons. The highest BCUT2D eigenvalue weighted by atomic mass is 16.5. The number of methoxy groups -OCH3 is 1. The van der Waals surface area contributed by atoms with Crippen LogP contribution >= 0.6 is 0 Å². The van der Waals surface area contributed by atoms with Crippen LogP contribution in [-0.2, 0) is 16.1 Å². The predicted molar refractivity (Wildman–Crippen MR) is 96.3 cm³/mol. The van der Waals surface area contributed by atoms with Gasteiger partial charge in [0.2, 0.25) is 11.8 Å². The first-order valence-corrected chi connectivity index (χ1v) is 8.33. The molecule has 2 aromatic carbocycles. The minimum Gasteiger partial charge on any atom is -0.497 e. The topological polar surface area (TPSA) is 58.6 Å². The third-order valence-electron chi connectivity index (χ3n) is 4.42. The number of nitrogens with one attached hydrogen (secondary N) is 1. The SMILES string of the molecule is COc1cccc(NC(=O)[C@H]2CC(=O)N(Cc3ccc(C)cc3)C2)c1. The fourth-order valence-corrected chi connectivity index (χ4v) is 2.96. The Morgan fingerprint density at radius 1 is 1.24 bits per heavy atom. The summed E-state index contributed by atoms with van der Waals surface area (Å²) in [6, 6.07) is 15.3. The molecule has 1 N–H and O–H groups in total. The zero-order valence-electron chi connectivity index (χ0n) is 14.5. The summed E-state index contributed by atoms with van der Waals surface area (Å²) in [5, 5.41) is 2.87. The number of hydrogen-bond donors (Lipinski definition) is 1. The van der Waals surface area contributed by atoms with Crippen molar-refractivity contribution < 1.29 is 14.3 Å². The summed E-state index contributed by atoms with van der Waals surface area (Å²) in [5.41, 5.74) is 2.94. The molecular formula is C20H22N2O3. The Labute approximate surface area is 147 Å². The van der Waals surface area contributed by atoms with Crippen LogP contribution in [0.2, 0.25) is 0 Å². The van der Waals surface area contributed by atoms with E-state index in [0.717, 1.165) is 5.56 Å². The monoisotopic (exact) mass is 338 g/mol. The van der Waals surface area contributed by atoms with E-state index in [9.17, 15) is 9.59 Å². The van der Waals surface area contributed by atoms with Gasteiger partial charge in [-0.1, -0.05) is 35.9 Å².